The van der Waals surface area contributed by atoms with Crippen molar-refractivity contribution in [2.45, 2.75) is 0 Å². The maximum Gasteiger partial charge on any atom is 0.120 e. The van der Waals surface area contributed by atoms with Crippen molar-refractivity contribution < 1.29 is 9.47 Å². The molecular formula is C20H18INO2. The molecule has 3 nitrogen and oxygen atoms in total. The summed E-state index contributed by atoms with van der Waals surface area (Å²) >= 11 is 2.33. The lowest BCUT2D eigenvalue weighted by molar-refractivity contribution is 0.414. The zero-order valence-electron chi connectivity index (χ0n) is 13.6. The number of methoxy groups -OCH3 is 2. The summed E-state index contributed by atoms with van der Waals surface area (Å²) in [5, 5.41) is 0. The molecule has 0 N–H and O–H groups in total. The normalized spacial score (nSPS) is 10.3. The molecule has 0 saturated heterocycles. The maximum absolute atomic E-state index is 5.39. The zero-order chi connectivity index (χ0) is 16.9. The van der Waals surface area contributed by atoms with Crippen LogP contribution in [0.3, 0.4) is 0 Å². The minimum Gasteiger partial charge on any atom is -0.497 e. The summed E-state index contributed by atoms with van der Waals surface area (Å²) in [6, 6.07) is 24.5. The van der Waals surface area contributed by atoms with Crippen LogP contribution in [0.2, 0.25) is 0 Å². The van der Waals surface area contributed by atoms with E-state index in [0.717, 1.165) is 28.6 Å². The van der Waals surface area contributed by atoms with E-state index < -0.39 is 0 Å². The number of halogens is 1. The van der Waals surface area contributed by atoms with Gasteiger partial charge in [-0.3, -0.25) is 0 Å². The van der Waals surface area contributed by atoms with Gasteiger partial charge >= 0.3 is 0 Å². The van der Waals surface area contributed by atoms with E-state index in [9.17, 15) is 0 Å². The van der Waals surface area contributed by atoms with Gasteiger partial charge in [-0.1, -0.05) is 18.2 Å². The predicted octanol–water partition coefficient (Wildman–Crippen LogP) is 5.78. The highest BCUT2D eigenvalue weighted by Crippen LogP contribution is 2.37. The second-order valence-electron chi connectivity index (χ2n) is 5.22. The van der Waals surface area contributed by atoms with Crippen LogP contribution in [-0.2, 0) is 0 Å². The van der Waals surface area contributed by atoms with Crippen molar-refractivity contribution >= 4 is 39.7 Å². The summed E-state index contributed by atoms with van der Waals surface area (Å²) in [6.07, 6.45) is 0. The Balaban J connectivity index is 2.16. The third-order valence-electron chi connectivity index (χ3n) is 3.69. The monoisotopic (exact) mass is 431 g/mol. The number of hydrogen-bond acceptors (Lipinski definition) is 3. The molecule has 0 aromatic heterocycles. The van der Waals surface area contributed by atoms with Crippen LogP contribution in [0, 0.1) is 3.57 Å². The molecule has 0 radical (unpaired) electrons. The first kappa shape index (κ1) is 16.6. The molecule has 3 aromatic rings. The van der Waals surface area contributed by atoms with Gasteiger partial charge in [0.25, 0.3) is 0 Å². The molecule has 0 aliphatic rings. The van der Waals surface area contributed by atoms with Gasteiger partial charge in [-0.15, -0.1) is 0 Å². The lowest BCUT2D eigenvalue weighted by atomic mass is 10.2. The first-order chi connectivity index (χ1) is 11.7. The zero-order valence-corrected chi connectivity index (χ0v) is 15.7. The van der Waals surface area contributed by atoms with Crippen LogP contribution >= 0.6 is 22.6 Å². The molecule has 0 bridgehead atoms. The van der Waals surface area contributed by atoms with E-state index in [1.807, 2.05) is 36.4 Å². The van der Waals surface area contributed by atoms with Crippen molar-refractivity contribution in [2.24, 2.45) is 0 Å². The second-order valence-corrected chi connectivity index (χ2v) is 6.46. The van der Waals surface area contributed by atoms with Gasteiger partial charge in [0.05, 0.1) is 14.2 Å². The summed E-state index contributed by atoms with van der Waals surface area (Å²) in [4.78, 5) is 2.19. The quantitative estimate of drug-likeness (QED) is 0.479. The Morgan fingerprint density at radius 1 is 0.667 bits per heavy atom. The van der Waals surface area contributed by atoms with E-state index in [0.29, 0.717) is 0 Å². The maximum atomic E-state index is 5.39. The Bertz CT molecular complexity index is 788. The van der Waals surface area contributed by atoms with E-state index in [2.05, 4.69) is 63.9 Å². The van der Waals surface area contributed by atoms with Crippen molar-refractivity contribution in [3.05, 3.63) is 76.4 Å². The van der Waals surface area contributed by atoms with Crippen molar-refractivity contribution in [3.63, 3.8) is 0 Å². The highest BCUT2D eigenvalue weighted by atomic mass is 127. The van der Waals surface area contributed by atoms with Crippen LogP contribution in [0.4, 0.5) is 17.1 Å². The molecule has 4 heteroatoms. The third kappa shape index (κ3) is 3.64. The number of anilines is 3. The Hall–Kier alpha value is -2.21. The number of benzene rings is 3. The summed E-state index contributed by atoms with van der Waals surface area (Å²) in [5.41, 5.74) is 3.15. The molecule has 0 unspecified atom stereocenters. The third-order valence-corrected chi connectivity index (χ3v) is 4.36. The molecule has 0 fully saturated rings. The van der Waals surface area contributed by atoms with Crippen LogP contribution in [0.5, 0.6) is 11.5 Å². The molecule has 3 aromatic carbocycles. The molecule has 0 aliphatic carbocycles. The molecule has 0 amide bonds. The van der Waals surface area contributed by atoms with E-state index in [1.165, 1.54) is 3.57 Å². The van der Waals surface area contributed by atoms with Gasteiger partial charge in [0.2, 0.25) is 0 Å². The molecule has 0 atom stereocenters. The summed E-state index contributed by atoms with van der Waals surface area (Å²) in [7, 11) is 3.36. The van der Waals surface area contributed by atoms with Crippen LogP contribution in [-0.4, -0.2) is 14.2 Å². The Kier molecular flexibility index (Phi) is 5.25. The number of ether oxygens (including phenoxy) is 2. The van der Waals surface area contributed by atoms with Gasteiger partial charge in [0.1, 0.15) is 11.5 Å². The molecule has 24 heavy (non-hydrogen) atoms. The fourth-order valence-corrected chi connectivity index (χ4v) is 3.09. The van der Waals surface area contributed by atoms with Crippen LogP contribution in [0.1, 0.15) is 0 Å². The number of hydrogen-bond donors (Lipinski definition) is 0. The fraction of sp³-hybridized carbons (Fsp3) is 0.100. The molecule has 0 heterocycles. The molecule has 0 spiro atoms. The van der Waals surface area contributed by atoms with Gasteiger partial charge in [-0.05, 0) is 65.1 Å². The number of nitrogens with zero attached hydrogens (tertiary/aromatic N) is 1. The van der Waals surface area contributed by atoms with Crippen molar-refractivity contribution in [1.82, 2.24) is 0 Å². The lowest BCUT2D eigenvalue weighted by Gasteiger charge is -2.26. The summed E-state index contributed by atoms with van der Waals surface area (Å²) < 4.78 is 12.0. The van der Waals surface area contributed by atoms with Gasteiger partial charge in [-0.25, -0.2) is 0 Å². The first-order valence-electron chi connectivity index (χ1n) is 7.55. The first-order valence-corrected chi connectivity index (χ1v) is 8.63. The molecule has 3 rings (SSSR count). The SMILES string of the molecule is COc1cccc(N(c2cccc(I)c2)c2cccc(OC)c2)c1. The van der Waals surface area contributed by atoms with Crippen molar-refractivity contribution in [3.8, 4) is 11.5 Å². The van der Waals surface area contributed by atoms with Crippen LogP contribution < -0.4 is 14.4 Å². The van der Waals surface area contributed by atoms with Gasteiger partial charge in [0, 0.05) is 32.8 Å². The molecule has 0 aliphatic heterocycles. The highest BCUT2D eigenvalue weighted by molar-refractivity contribution is 14.1. The number of rotatable bonds is 5. The molecular weight excluding hydrogens is 413 g/mol. The minimum absolute atomic E-state index is 0.825. The smallest absolute Gasteiger partial charge is 0.120 e. The van der Waals surface area contributed by atoms with Gasteiger partial charge in [0.15, 0.2) is 0 Å². The standard InChI is InChI=1S/C20H18INO2/c1-23-19-10-4-8-17(13-19)22(16-7-3-6-15(21)12-16)18-9-5-11-20(14-18)24-2/h3-14H,1-2H3. The van der Waals surface area contributed by atoms with E-state index in [1.54, 1.807) is 14.2 Å². The molecule has 122 valence electrons. The average Bonchev–Trinajstić information content (AvgIpc) is 2.62. The van der Waals surface area contributed by atoms with Crippen LogP contribution in [0.15, 0.2) is 72.8 Å². The van der Waals surface area contributed by atoms with Crippen molar-refractivity contribution in [1.29, 1.82) is 0 Å². The largest absolute Gasteiger partial charge is 0.497 e. The lowest BCUT2D eigenvalue weighted by Crippen LogP contribution is -2.10. The highest BCUT2D eigenvalue weighted by Gasteiger charge is 2.14. The van der Waals surface area contributed by atoms with E-state index >= 15 is 0 Å². The Morgan fingerprint density at radius 2 is 1.12 bits per heavy atom. The molecule has 0 saturated carbocycles. The van der Waals surface area contributed by atoms with Crippen molar-refractivity contribution in [2.75, 3.05) is 19.1 Å². The van der Waals surface area contributed by atoms with Gasteiger partial charge in [-0.2, -0.15) is 0 Å². The summed E-state index contributed by atoms with van der Waals surface area (Å²) in [5.74, 6) is 1.65. The minimum atomic E-state index is 0.825. The average molecular weight is 431 g/mol. The van der Waals surface area contributed by atoms with E-state index in [4.69, 9.17) is 9.47 Å². The Labute approximate surface area is 156 Å². The van der Waals surface area contributed by atoms with E-state index in [-0.39, 0.29) is 0 Å². The van der Waals surface area contributed by atoms with Gasteiger partial charge < -0.3 is 14.4 Å². The summed E-state index contributed by atoms with van der Waals surface area (Å²) in [6.45, 7) is 0. The Morgan fingerprint density at radius 3 is 1.58 bits per heavy atom. The topological polar surface area (TPSA) is 21.7 Å². The predicted molar refractivity (Wildman–Crippen MR) is 107 cm³/mol. The fourth-order valence-electron chi connectivity index (χ4n) is 2.56. The second kappa shape index (κ2) is 7.57. The van der Waals surface area contributed by atoms with Crippen LogP contribution in [0.25, 0.3) is 0 Å².